The molecule has 2 saturated carbocycles. The van der Waals surface area contributed by atoms with Crippen molar-refractivity contribution in [2.75, 3.05) is 11.9 Å². The van der Waals surface area contributed by atoms with Crippen molar-refractivity contribution in [3.8, 4) is 0 Å². The fourth-order valence-corrected chi connectivity index (χ4v) is 4.04. The van der Waals surface area contributed by atoms with Gasteiger partial charge in [-0.25, -0.2) is 4.68 Å². The number of aromatic nitrogens is 3. The van der Waals surface area contributed by atoms with Gasteiger partial charge in [0.2, 0.25) is 5.95 Å². The fraction of sp³-hybridized carbons (Fsp3) is 0.857. The Morgan fingerprint density at radius 3 is 2.79 bits per heavy atom. The van der Waals surface area contributed by atoms with Gasteiger partial charge < -0.3 is 11.1 Å². The van der Waals surface area contributed by atoms with Crippen molar-refractivity contribution >= 4 is 5.95 Å². The van der Waals surface area contributed by atoms with Crippen molar-refractivity contribution in [2.45, 2.75) is 62.9 Å². The molecule has 0 amide bonds. The smallest absolute Gasteiger partial charge is 0.221 e. The summed E-state index contributed by atoms with van der Waals surface area (Å²) in [6.07, 6.45) is 8.49. The average molecular weight is 261 g/mol. The van der Waals surface area contributed by atoms with Gasteiger partial charge in [0.05, 0.1) is 6.04 Å². The van der Waals surface area contributed by atoms with E-state index in [2.05, 4.69) is 10.00 Å². The van der Waals surface area contributed by atoms with E-state index in [4.69, 9.17) is 15.8 Å². The van der Waals surface area contributed by atoms with Gasteiger partial charge in [-0.3, -0.25) is 0 Å². The highest BCUT2D eigenvalue weighted by Gasteiger charge is 2.36. The SMILES string of the molecule is NC1CCC(c2nc3n(n2)C2CCCC2CN3)CC1. The number of hydrogen-bond donors (Lipinski definition) is 2. The fourth-order valence-electron chi connectivity index (χ4n) is 4.04. The van der Waals surface area contributed by atoms with E-state index in [1.165, 1.54) is 19.3 Å². The summed E-state index contributed by atoms with van der Waals surface area (Å²) in [5.74, 6) is 3.36. The Balaban J connectivity index is 1.58. The maximum atomic E-state index is 5.98. The standard InChI is InChI=1S/C14H23N5/c15-11-6-4-9(5-7-11)13-17-14-16-8-10-2-1-3-12(10)19(14)18-13/h9-12H,1-8,15H2,(H,16,17,18). The van der Waals surface area contributed by atoms with Crippen molar-refractivity contribution in [2.24, 2.45) is 11.7 Å². The third-order valence-corrected chi connectivity index (χ3v) is 5.24. The summed E-state index contributed by atoms with van der Waals surface area (Å²) in [6.45, 7) is 1.08. The lowest BCUT2D eigenvalue weighted by Gasteiger charge is -2.27. The number of rotatable bonds is 1. The molecule has 1 aliphatic heterocycles. The van der Waals surface area contributed by atoms with Crippen LogP contribution >= 0.6 is 0 Å². The normalized spacial score (nSPS) is 37.5. The Bertz CT molecular complexity index is 460. The van der Waals surface area contributed by atoms with Gasteiger partial charge >= 0.3 is 0 Å². The van der Waals surface area contributed by atoms with Crippen LogP contribution in [0.2, 0.25) is 0 Å². The van der Waals surface area contributed by atoms with E-state index in [9.17, 15) is 0 Å². The molecule has 2 fully saturated rings. The molecule has 0 spiro atoms. The molecule has 1 aromatic rings. The van der Waals surface area contributed by atoms with Gasteiger partial charge in [0.15, 0.2) is 5.82 Å². The molecule has 5 nitrogen and oxygen atoms in total. The minimum absolute atomic E-state index is 0.394. The van der Waals surface area contributed by atoms with E-state index in [0.29, 0.717) is 18.0 Å². The summed E-state index contributed by atoms with van der Waals surface area (Å²) in [7, 11) is 0. The maximum absolute atomic E-state index is 5.98. The van der Waals surface area contributed by atoms with Crippen LogP contribution in [0.25, 0.3) is 0 Å². The van der Waals surface area contributed by atoms with Crippen LogP contribution in [0.1, 0.15) is 62.7 Å². The second-order valence-corrected chi connectivity index (χ2v) is 6.49. The van der Waals surface area contributed by atoms with Crippen LogP contribution in [0.3, 0.4) is 0 Å². The van der Waals surface area contributed by atoms with E-state index >= 15 is 0 Å². The molecule has 5 heteroatoms. The van der Waals surface area contributed by atoms with Crippen molar-refractivity contribution < 1.29 is 0 Å². The first-order chi connectivity index (χ1) is 9.31. The molecule has 1 aromatic heterocycles. The van der Waals surface area contributed by atoms with Crippen molar-refractivity contribution in [1.29, 1.82) is 0 Å². The highest BCUT2D eigenvalue weighted by Crippen LogP contribution is 2.40. The molecular formula is C14H23N5. The summed E-state index contributed by atoms with van der Waals surface area (Å²) < 4.78 is 2.19. The van der Waals surface area contributed by atoms with E-state index in [1.54, 1.807) is 0 Å². The third-order valence-electron chi connectivity index (χ3n) is 5.24. The molecule has 104 valence electrons. The molecule has 3 N–H and O–H groups in total. The molecule has 2 aliphatic carbocycles. The number of nitrogens with zero attached hydrogens (tertiary/aromatic N) is 3. The highest BCUT2D eigenvalue weighted by molar-refractivity contribution is 5.30. The molecule has 2 atom stereocenters. The first kappa shape index (κ1) is 11.7. The van der Waals surface area contributed by atoms with Gasteiger partial charge in [-0.2, -0.15) is 10.1 Å². The lowest BCUT2D eigenvalue weighted by molar-refractivity contribution is 0.338. The molecule has 2 unspecified atom stereocenters. The summed E-state index contributed by atoms with van der Waals surface area (Å²) in [4.78, 5) is 4.76. The molecule has 2 heterocycles. The van der Waals surface area contributed by atoms with E-state index in [1.807, 2.05) is 0 Å². The molecule has 19 heavy (non-hydrogen) atoms. The second-order valence-electron chi connectivity index (χ2n) is 6.49. The Kier molecular flexibility index (Phi) is 2.76. The Labute approximate surface area is 114 Å². The first-order valence-corrected chi connectivity index (χ1v) is 7.77. The summed E-state index contributed by atoms with van der Waals surface area (Å²) in [5.41, 5.74) is 5.98. The zero-order chi connectivity index (χ0) is 12.8. The quantitative estimate of drug-likeness (QED) is 0.811. The minimum Gasteiger partial charge on any atom is -0.354 e. The number of hydrogen-bond acceptors (Lipinski definition) is 4. The van der Waals surface area contributed by atoms with Crippen LogP contribution < -0.4 is 11.1 Å². The Morgan fingerprint density at radius 1 is 1.11 bits per heavy atom. The molecule has 3 aliphatic rings. The van der Waals surface area contributed by atoms with Crippen LogP contribution in [-0.4, -0.2) is 27.4 Å². The summed E-state index contributed by atoms with van der Waals surface area (Å²) >= 11 is 0. The molecular weight excluding hydrogens is 238 g/mol. The highest BCUT2D eigenvalue weighted by atomic mass is 15.4. The van der Waals surface area contributed by atoms with Gasteiger partial charge in [0.1, 0.15) is 0 Å². The zero-order valence-corrected chi connectivity index (χ0v) is 11.4. The van der Waals surface area contributed by atoms with Crippen molar-refractivity contribution in [1.82, 2.24) is 14.8 Å². The number of fused-ring (bicyclic) bond motifs is 3. The lowest BCUT2D eigenvalue weighted by Crippen LogP contribution is -2.29. The third kappa shape index (κ3) is 1.95. The largest absolute Gasteiger partial charge is 0.354 e. The molecule has 0 saturated heterocycles. The van der Waals surface area contributed by atoms with E-state index in [-0.39, 0.29) is 0 Å². The second kappa shape index (κ2) is 4.47. The zero-order valence-electron chi connectivity index (χ0n) is 11.4. The maximum Gasteiger partial charge on any atom is 0.221 e. The van der Waals surface area contributed by atoms with Gasteiger partial charge in [-0.15, -0.1) is 0 Å². The molecule has 4 rings (SSSR count). The average Bonchev–Trinajstić information content (AvgIpc) is 3.04. The van der Waals surface area contributed by atoms with Crippen LogP contribution in [0.5, 0.6) is 0 Å². The van der Waals surface area contributed by atoms with Crippen LogP contribution in [0.4, 0.5) is 5.95 Å². The number of anilines is 1. The molecule has 0 aromatic carbocycles. The van der Waals surface area contributed by atoms with Crippen molar-refractivity contribution in [3.63, 3.8) is 0 Å². The number of nitrogens with one attached hydrogen (secondary N) is 1. The van der Waals surface area contributed by atoms with E-state index < -0.39 is 0 Å². The predicted molar refractivity (Wildman–Crippen MR) is 74.1 cm³/mol. The van der Waals surface area contributed by atoms with Crippen LogP contribution in [0, 0.1) is 5.92 Å². The van der Waals surface area contributed by atoms with Gasteiger partial charge in [-0.05, 0) is 44.4 Å². The van der Waals surface area contributed by atoms with Crippen LogP contribution in [0.15, 0.2) is 0 Å². The van der Waals surface area contributed by atoms with Gasteiger partial charge in [0.25, 0.3) is 0 Å². The minimum atomic E-state index is 0.394. The summed E-state index contributed by atoms with van der Waals surface area (Å²) in [5, 5.41) is 8.31. The van der Waals surface area contributed by atoms with Gasteiger partial charge in [0, 0.05) is 18.5 Å². The Morgan fingerprint density at radius 2 is 1.95 bits per heavy atom. The topological polar surface area (TPSA) is 68.8 Å². The molecule has 0 bridgehead atoms. The predicted octanol–water partition coefficient (Wildman–Crippen LogP) is 2.03. The lowest BCUT2D eigenvalue weighted by atomic mass is 9.86. The molecule has 0 radical (unpaired) electrons. The van der Waals surface area contributed by atoms with Gasteiger partial charge in [-0.1, -0.05) is 6.42 Å². The van der Waals surface area contributed by atoms with Crippen molar-refractivity contribution in [3.05, 3.63) is 5.82 Å². The first-order valence-electron chi connectivity index (χ1n) is 7.77. The monoisotopic (exact) mass is 261 g/mol. The number of nitrogens with two attached hydrogens (primary N) is 1. The summed E-state index contributed by atoms with van der Waals surface area (Å²) in [6, 6.07) is 0.995. The Hall–Kier alpha value is -1.10. The van der Waals surface area contributed by atoms with Crippen LogP contribution in [-0.2, 0) is 0 Å². The van der Waals surface area contributed by atoms with E-state index in [0.717, 1.165) is 49.9 Å².